The number of likely N-dealkylation sites (tertiary alicyclic amines) is 1. The van der Waals surface area contributed by atoms with Crippen molar-refractivity contribution in [2.75, 3.05) is 13.1 Å². The number of ether oxygens (including phenoxy) is 1. The third kappa shape index (κ3) is 4.87. The molecule has 4 unspecified atom stereocenters. The van der Waals surface area contributed by atoms with Crippen molar-refractivity contribution < 1.29 is 9.53 Å². The molecule has 22 heavy (non-hydrogen) atoms. The van der Waals surface area contributed by atoms with Crippen LogP contribution < -0.4 is 5.32 Å². The van der Waals surface area contributed by atoms with Crippen molar-refractivity contribution in [3.05, 3.63) is 0 Å². The van der Waals surface area contributed by atoms with Gasteiger partial charge in [-0.3, -0.25) is 0 Å². The molecule has 0 bridgehead atoms. The molecule has 128 valence electrons. The van der Waals surface area contributed by atoms with Crippen molar-refractivity contribution in [1.82, 2.24) is 10.2 Å². The molecule has 2 aliphatic rings. The Labute approximate surface area is 136 Å². The third-order valence-corrected chi connectivity index (χ3v) is 5.29. The first-order chi connectivity index (χ1) is 10.3. The molecule has 1 N–H and O–H groups in total. The van der Waals surface area contributed by atoms with Crippen LogP contribution >= 0.6 is 0 Å². The van der Waals surface area contributed by atoms with Crippen molar-refractivity contribution in [1.29, 1.82) is 0 Å². The van der Waals surface area contributed by atoms with Crippen LogP contribution in [0.25, 0.3) is 0 Å². The Morgan fingerprint density at radius 2 is 1.82 bits per heavy atom. The number of carbonyl (C=O) groups is 1. The summed E-state index contributed by atoms with van der Waals surface area (Å²) in [7, 11) is 0. The third-order valence-electron chi connectivity index (χ3n) is 5.29. The molecule has 0 aromatic carbocycles. The fraction of sp³-hybridized carbons (Fsp3) is 0.944. The van der Waals surface area contributed by atoms with Crippen LogP contribution in [0.2, 0.25) is 0 Å². The highest BCUT2D eigenvalue weighted by atomic mass is 16.6. The van der Waals surface area contributed by atoms with Gasteiger partial charge in [0.15, 0.2) is 0 Å². The SMILES string of the molecule is CC1CCC(NC2CCCN(C(=O)OC(C)(C)C)CC2)C1C. The van der Waals surface area contributed by atoms with E-state index in [4.69, 9.17) is 4.74 Å². The molecule has 1 saturated heterocycles. The topological polar surface area (TPSA) is 41.6 Å². The number of nitrogens with one attached hydrogen (secondary N) is 1. The van der Waals surface area contributed by atoms with Crippen LogP contribution in [0.4, 0.5) is 4.79 Å². The smallest absolute Gasteiger partial charge is 0.410 e. The lowest BCUT2D eigenvalue weighted by Gasteiger charge is -2.27. The summed E-state index contributed by atoms with van der Waals surface area (Å²) < 4.78 is 5.50. The van der Waals surface area contributed by atoms with Gasteiger partial charge in [-0.05, 0) is 64.7 Å². The maximum atomic E-state index is 12.2. The summed E-state index contributed by atoms with van der Waals surface area (Å²) in [4.78, 5) is 14.1. The van der Waals surface area contributed by atoms with Crippen LogP contribution in [-0.4, -0.2) is 41.8 Å². The maximum Gasteiger partial charge on any atom is 0.410 e. The molecule has 0 radical (unpaired) electrons. The zero-order chi connectivity index (χ0) is 16.3. The molecule has 0 aromatic rings. The number of hydrogen-bond donors (Lipinski definition) is 1. The second-order valence-electron chi connectivity index (χ2n) is 8.28. The summed E-state index contributed by atoms with van der Waals surface area (Å²) in [6.45, 7) is 12.1. The molecule has 2 fully saturated rings. The van der Waals surface area contributed by atoms with E-state index in [2.05, 4.69) is 19.2 Å². The fourth-order valence-corrected chi connectivity index (χ4v) is 3.67. The van der Waals surface area contributed by atoms with Crippen LogP contribution in [0.5, 0.6) is 0 Å². The van der Waals surface area contributed by atoms with Gasteiger partial charge in [-0.1, -0.05) is 13.8 Å². The van der Waals surface area contributed by atoms with Crippen molar-refractivity contribution in [2.45, 2.75) is 84.4 Å². The Bertz CT molecular complexity index is 378. The average molecular weight is 310 g/mol. The minimum atomic E-state index is -0.406. The van der Waals surface area contributed by atoms with E-state index in [1.807, 2.05) is 25.7 Å². The predicted octanol–water partition coefficient (Wildman–Crippen LogP) is 3.80. The molecule has 0 spiro atoms. The highest BCUT2D eigenvalue weighted by Crippen LogP contribution is 2.32. The Kier molecular flexibility index (Phi) is 5.76. The van der Waals surface area contributed by atoms with Gasteiger partial charge in [0, 0.05) is 25.2 Å². The second kappa shape index (κ2) is 7.20. The van der Waals surface area contributed by atoms with Gasteiger partial charge in [-0.2, -0.15) is 0 Å². The van der Waals surface area contributed by atoms with E-state index in [1.165, 1.54) is 12.8 Å². The van der Waals surface area contributed by atoms with Gasteiger partial charge >= 0.3 is 6.09 Å². The molecule has 4 nitrogen and oxygen atoms in total. The number of carbonyl (C=O) groups excluding carboxylic acids is 1. The van der Waals surface area contributed by atoms with E-state index < -0.39 is 5.60 Å². The zero-order valence-electron chi connectivity index (χ0n) is 15.0. The Morgan fingerprint density at radius 3 is 2.41 bits per heavy atom. The standard InChI is InChI=1S/C18H34N2O2/c1-13-8-9-16(14(13)2)19-15-7-6-11-20(12-10-15)17(21)22-18(3,4)5/h13-16,19H,6-12H2,1-5H3. The lowest BCUT2D eigenvalue weighted by molar-refractivity contribution is 0.0256. The number of rotatable bonds is 2. The largest absolute Gasteiger partial charge is 0.444 e. The zero-order valence-corrected chi connectivity index (χ0v) is 15.0. The lowest BCUT2D eigenvalue weighted by Crippen LogP contribution is -2.41. The van der Waals surface area contributed by atoms with E-state index >= 15 is 0 Å². The molecule has 1 amide bonds. The average Bonchev–Trinajstić information content (AvgIpc) is 2.64. The summed E-state index contributed by atoms with van der Waals surface area (Å²) in [5, 5.41) is 3.87. The molecule has 1 aliphatic carbocycles. The minimum Gasteiger partial charge on any atom is -0.444 e. The van der Waals surface area contributed by atoms with Gasteiger partial charge in [0.25, 0.3) is 0 Å². The van der Waals surface area contributed by atoms with E-state index in [1.54, 1.807) is 0 Å². The maximum absolute atomic E-state index is 12.2. The quantitative estimate of drug-likeness (QED) is 0.843. The minimum absolute atomic E-state index is 0.156. The molecule has 4 heteroatoms. The fourth-order valence-electron chi connectivity index (χ4n) is 3.67. The summed E-state index contributed by atoms with van der Waals surface area (Å²) >= 11 is 0. The van der Waals surface area contributed by atoms with Gasteiger partial charge in [0.2, 0.25) is 0 Å². The molecular formula is C18H34N2O2. The molecule has 1 heterocycles. The summed E-state index contributed by atoms with van der Waals surface area (Å²) in [5.74, 6) is 1.60. The molecule has 1 saturated carbocycles. The normalized spacial score (nSPS) is 33.6. The number of nitrogens with zero attached hydrogens (tertiary/aromatic N) is 1. The second-order valence-corrected chi connectivity index (χ2v) is 8.28. The van der Waals surface area contributed by atoms with Crippen molar-refractivity contribution in [3.8, 4) is 0 Å². The monoisotopic (exact) mass is 310 g/mol. The van der Waals surface area contributed by atoms with Crippen LogP contribution in [0.15, 0.2) is 0 Å². The summed E-state index contributed by atoms with van der Waals surface area (Å²) in [6.07, 6.45) is 5.75. The summed E-state index contributed by atoms with van der Waals surface area (Å²) in [5.41, 5.74) is -0.406. The Morgan fingerprint density at radius 1 is 1.09 bits per heavy atom. The first-order valence-corrected chi connectivity index (χ1v) is 9.00. The Hall–Kier alpha value is -0.770. The summed E-state index contributed by atoms with van der Waals surface area (Å²) in [6, 6.07) is 1.21. The Balaban J connectivity index is 1.81. The molecule has 1 aliphatic heterocycles. The molecule has 2 rings (SSSR count). The van der Waals surface area contributed by atoms with E-state index in [0.29, 0.717) is 12.1 Å². The van der Waals surface area contributed by atoms with Crippen molar-refractivity contribution in [3.63, 3.8) is 0 Å². The lowest BCUT2D eigenvalue weighted by atomic mass is 9.96. The van der Waals surface area contributed by atoms with E-state index in [0.717, 1.165) is 44.2 Å². The molecule has 4 atom stereocenters. The van der Waals surface area contributed by atoms with Crippen LogP contribution in [-0.2, 0) is 4.74 Å². The van der Waals surface area contributed by atoms with Gasteiger partial charge in [-0.25, -0.2) is 4.79 Å². The molecule has 0 aromatic heterocycles. The van der Waals surface area contributed by atoms with Crippen molar-refractivity contribution in [2.24, 2.45) is 11.8 Å². The first-order valence-electron chi connectivity index (χ1n) is 9.00. The number of amides is 1. The van der Waals surface area contributed by atoms with Gasteiger partial charge < -0.3 is 15.0 Å². The van der Waals surface area contributed by atoms with Crippen molar-refractivity contribution >= 4 is 6.09 Å². The predicted molar refractivity (Wildman–Crippen MR) is 89.9 cm³/mol. The van der Waals surface area contributed by atoms with Crippen LogP contribution in [0.3, 0.4) is 0 Å². The highest BCUT2D eigenvalue weighted by molar-refractivity contribution is 5.68. The first kappa shape index (κ1) is 17.6. The van der Waals surface area contributed by atoms with Gasteiger partial charge in [0.1, 0.15) is 5.60 Å². The van der Waals surface area contributed by atoms with Crippen LogP contribution in [0.1, 0.15) is 66.7 Å². The highest BCUT2D eigenvalue weighted by Gasteiger charge is 2.32. The van der Waals surface area contributed by atoms with E-state index in [9.17, 15) is 4.79 Å². The van der Waals surface area contributed by atoms with E-state index in [-0.39, 0.29) is 6.09 Å². The number of hydrogen-bond acceptors (Lipinski definition) is 3. The molecular weight excluding hydrogens is 276 g/mol. The van der Waals surface area contributed by atoms with Crippen LogP contribution in [0, 0.1) is 11.8 Å². The van der Waals surface area contributed by atoms with Gasteiger partial charge in [-0.15, -0.1) is 0 Å². The van der Waals surface area contributed by atoms with Gasteiger partial charge in [0.05, 0.1) is 0 Å².